The molecule has 0 rings (SSSR count). The molecule has 3 atom stereocenters. The van der Waals surface area contributed by atoms with Crippen LogP contribution in [-0.2, 0) is 10.1 Å². The Morgan fingerprint density at radius 2 is 1.75 bits per heavy atom. The second-order valence-electron chi connectivity index (χ2n) is 1.77. The second-order valence-corrected chi connectivity index (χ2v) is 4.98. The van der Waals surface area contributed by atoms with Gasteiger partial charge in [-0.3, -0.25) is 4.55 Å². The molecule has 0 fully saturated rings. The summed E-state index contributed by atoms with van der Waals surface area (Å²) in [6.45, 7) is 0. The molecule has 3 nitrogen and oxygen atoms in total. The number of hydrogen-bond donors (Lipinski definition) is 1. The van der Waals surface area contributed by atoms with Gasteiger partial charge in [-0.15, -0.1) is 11.6 Å². The summed E-state index contributed by atoms with van der Waals surface area (Å²) in [4.78, 5) is 0. The Hall–Kier alpha value is 0.640. The Kier molecular flexibility index (Phi) is 3.99. The van der Waals surface area contributed by atoms with Crippen LogP contribution in [0.3, 0.4) is 0 Å². The van der Waals surface area contributed by atoms with E-state index in [-0.39, 0.29) is 0 Å². The van der Waals surface area contributed by atoms with Gasteiger partial charge in [-0.25, -0.2) is 8.78 Å². The molecule has 0 amide bonds. The van der Waals surface area contributed by atoms with Crippen LogP contribution in [0.15, 0.2) is 0 Å². The van der Waals surface area contributed by atoms with E-state index in [1.54, 1.807) is 0 Å². The monoisotopic (exact) mass is 262 g/mol. The predicted octanol–water partition coefficient (Wildman–Crippen LogP) is 1.88. The molecule has 3 unspecified atom stereocenters. The molecular weight excluding hydrogens is 260 g/mol. The average molecular weight is 263 g/mol. The van der Waals surface area contributed by atoms with Crippen molar-refractivity contribution < 1.29 is 21.8 Å². The summed E-state index contributed by atoms with van der Waals surface area (Å²) in [6, 6.07) is 0. The van der Waals surface area contributed by atoms with Gasteiger partial charge in [0.15, 0.2) is 5.63 Å². The molecule has 1 N–H and O–H groups in total. The maximum Gasteiger partial charge on any atom is 0.328 e. The van der Waals surface area contributed by atoms with Crippen LogP contribution in [0.2, 0.25) is 0 Å². The molecule has 9 heteroatoms. The quantitative estimate of drug-likeness (QED) is 0.625. The molecule has 0 aliphatic rings. The molecule has 0 bridgehead atoms. The highest BCUT2D eigenvalue weighted by atomic mass is 35.5. The third-order valence-corrected chi connectivity index (χ3v) is 3.79. The van der Waals surface area contributed by atoms with Crippen molar-refractivity contribution in [2.24, 2.45) is 0 Å². The van der Waals surface area contributed by atoms with Gasteiger partial charge in [-0.2, -0.15) is 8.42 Å². The van der Waals surface area contributed by atoms with Crippen molar-refractivity contribution in [2.45, 2.75) is 15.5 Å². The molecule has 0 aromatic heterocycles. The summed E-state index contributed by atoms with van der Waals surface area (Å²) in [5, 5.41) is -2.39. The smallest absolute Gasteiger partial charge is 0.282 e. The summed E-state index contributed by atoms with van der Waals surface area (Å²) < 4.78 is 49.3. The van der Waals surface area contributed by atoms with Crippen LogP contribution >= 0.6 is 34.8 Å². The standard InChI is InChI=1S/C3H3Cl3F2O3S/c4-1(2(5)7)3(6,8)12(9,10)11/h1-2H,(H,9,10,11). The molecule has 0 saturated heterocycles. The minimum atomic E-state index is -5.30. The molecule has 0 radical (unpaired) electrons. The number of rotatable bonds is 3. The van der Waals surface area contributed by atoms with Gasteiger partial charge in [-0.05, 0) is 0 Å². The van der Waals surface area contributed by atoms with Gasteiger partial charge in [-0.1, -0.05) is 23.2 Å². The van der Waals surface area contributed by atoms with E-state index in [9.17, 15) is 17.2 Å². The lowest BCUT2D eigenvalue weighted by atomic mass is 10.5. The zero-order valence-corrected chi connectivity index (χ0v) is 8.30. The van der Waals surface area contributed by atoms with Crippen LogP contribution in [0, 0.1) is 0 Å². The minimum absolute atomic E-state index is 2.39. The van der Waals surface area contributed by atoms with Gasteiger partial charge < -0.3 is 0 Å². The van der Waals surface area contributed by atoms with Crippen molar-refractivity contribution >= 4 is 44.9 Å². The van der Waals surface area contributed by atoms with Crippen LogP contribution in [0.25, 0.3) is 0 Å². The lowest BCUT2D eigenvalue weighted by Gasteiger charge is -2.19. The van der Waals surface area contributed by atoms with Crippen molar-refractivity contribution in [3.8, 4) is 0 Å². The molecule has 74 valence electrons. The average Bonchev–Trinajstić information content (AvgIpc) is 1.83. The first kappa shape index (κ1) is 12.6. The first-order chi connectivity index (χ1) is 5.10. The van der Waals surface area contributed by atoms with Gasteiger partial charge in [0.1, 0.15) is 5.38 Å². The highest BCUT2D eigenvalue weighted by Gasteiger charge is 2.52. The molecule has 0 saturated carbocycles. The highest BCUT2D eigenvalue weighted by molar-refractivity contribution is 7.88. The molecule has 0 spiro atoms. The van der Waals surface area contributed by atoms with E-state index in [1.807, 2.05) is 0 Å². The summed E-state index contributed by atoms with van der Waals surface area (Å²) in [5.41, 5.74) is -2.53. The van der Waals surface area contributed by atoms with E-state index in [1.165, 1.54) is 0 Å². The summed E-state index contributed by atoms with van der Waals surface area (Å²) >= 11 is 14.1. The highest BCUT2D eigenvalue weighted by Crippen LogP contribution is 2.35. The van der Waals surface area contributed by atoms with E-state index < -0.39 is 25.6 Å². The predicted molar refractivity (Wildman–Crippen MR) is 41.6 cm³/mol. The van der Waals surface area contributed by atoms with Gasteiger partial charge >= 0.3 is 14.6 Å². The van der Waals surface area contributed by atoms with E-state index in [0.717, 1.165) is 0 Å². The Morgan fingerprint density at radius 1 is 1.42 bits per heavy atom. The van der Waals surface area contributed by atoms with E-state index in [2.05, 4.69) is 23.2 Å². The molecule has 0 aromatic rings. The second kappa shape index (κ2) is 3.79. The molecule has 0 aliphatic heterocycles. The third kappa shape index (κ3) is 2.56. The Balaban J connectivity index is 4.87. The summed E-state index contributed by atoms with van der Waals surface area (Å²) in [7, 11) is -5.30. The van der Waals surface area contributed by atoms with Crippen molar-refractivity contribution in [3.63, 3.8) is 0 Å². The van der Waals surface area contributed by atoms with Crippen molar-refractivity contribution in [1.82, 2.24) is 0 Å². The third-order valence-electron chi connectivity index (χ3n) is 0.886. The minimum Gasteiger partial charge on any atom is -0.282 e. The maximum absolute atomic E-state index is 12.7. The van der Waals surface area contributed by atoms with Gasteiger partial charge in [0.05, 0.1) is 0 Å². The van der Waals surface area contributed by atoms with Gasteiger partial charge in [0.2, 0.25) is 0 Å². The normalized spacial score (nSPS) is 22.8. The fraction of sp³-hybridized carbons (Fsp3) is 1.00. The fourth-order valence-corrected chi connectivity index (χ4v) is 1.45. The number of hydrogen-bond acceptors (Lipinski definition) is 2. The molecule has 0 aromatic carbocycles. The zero-order chi connectivity index (χ0) is 10.2. The summed E-state index contributed by atoms with van der Waals surface area (Å²) in [6.07, 6.45) is 0. The van der Waals surface area contributed by atoms with Crippen molar-refractivity contribution in [3.05, 3.63) is 0 Å². The Morgan fingerprint density at radius 3 is 1.83 bits per heavy atom. The molecular formula is C3H3Cl3F2O3S. The van der Waals surface area contributed by atoms with Gasteiger partial charge in [0.25, 0.3) is 0 Å². The largest absolute Gasteiger partial charge is 0.328 e. The van der Waals surface area contributed by atoms with Crippen molar-refractivity contribution in [2.75, 3.05) is 0 Å². The number of alkyl halides is 5. The topological polar surface area (TPSA) is 54.4 Å². The van der Waals surface area contributed by atoms with Gasteiger partial charge in [0, 0.05) is 0 Å². The first-order valence-electron chi connectivity index (χ1n) is 2.37. The molecule has 12 heavy (non-hydrogen) atoms. The van der Waals surface area contributed by atoms with Crippen LogP contribution < -0.4 is 0 Å². The van der Waals surface area contributed by atoms with Crippen LogP contribution in [0.5, 0.6) is 0 Å². The molecule has 0 heterocycles. The zero-order valence-electron chi connectivity index (χ0n) is 5.22. The molecule has 0 aliphatic carbocycles. The lowest BCUT2D eigenvalue weighted by molar-refractivity contribution is 0.281. The van der Waals surface area contributed by atoms with Crippen LogP contribution in [0.1, 0.15) is 0 Å². The Labute approximate surface area is 82.3 Å². The van der Waals surface area contributed by atoms with E-state index >= 15 is 0 Å². The lowest BCUT2D eigenvalue weighted by Crippen LogP contribution is -2.40. The van der Waals surface area contributed by atoms with Crippen molar-refractivity contribution in [1.29, 1.82) is 0 Å². The van der Waals surface area contributed by atoms with E-state index in [4.69, 9.17) is 16.2 Å². The van der Waals surface area contributed by atoms with E-state index in [0.29, 0.717) is 0 Å². The fourth-order valence-electron chi connectivity index (χ4n) is 0.289. The summed E-state index contributed by atoms with van der Waals surface area (Å²) in [5.74, 6) is 0. The SMILES string of the molecule is O=S(=O)(O)C(F)(Cl)C(Cl)C(F)Cl. The first-order valence-corrected chi connectivity index (χ1v) is 5.07. The van der Waals surface area contributed by atoms with Crippen LogP contribution in [-0.4, -0.2) is 28.4 Å². The maximum atomic E-state index is 12.7. The number of halogens is 5. The van der Waals surface area contributed by atoms with Crippen LogP contribution in [0.4, 0.5) is 8.78 Å². The Bertz CT molecular complexity index is 252.